The molecule has 0 aromatic carbocycles. The summed E-state index contributed by atoms with van der Waals surface area (Å²) >= 11 is 1.10. The van der Waals surface area contributed by atoms with Crippen LogP contribution in [0.1, 0.15) is 19.3 Å². The van der Waals surface area contributed by atoms with E-state index in [1.54, 1.807) is 6.07 Å². The highest BCUT2D eigenvalue weighted by atomic mass is 32.1. The third-order valence-electron chi connectivity index (χ3n) is 0.986. The van der Waals surface area contributed by atoms with E-state index in [-0.39, 0.29) is 0 Å². The molecule has 0 saturated heterocycles. The first kappa shape index (κ1) is 6.95. The second-order valence-corrected chi connectivity index (χ2v) is 2.80. The summed E-state index contributed by atoms with van der Waals surface area (Å²) in [5, 5.41) is 0. The summed E-state index contributed by atoms with van der Waals surface area (Å²) in [7, 11) is 0. The summed E-state index contributed by atoms with van der Waals surface area (Å²) in [6, 6.07) is 3.11. The molecule has 0 bridgehead atoms. The van der Waals surface area contributed by atoms with Crippen molar-refractivity contribution >= 4 is 23.5 Å². The van der Waals surface area contributed by atoms with Gasteiger partial charge in [0.25, 0.3) is 5.91 Å². The number of thiophene rings is 1. The smallest absolute Gasteiger partial charge is 0.258 e. The fourth-order valence-electron chi connectivity index (χ4n) is 0.549. The van der Waals surface area contributed by atoms with Crippen LogP contribution in [-0.4, -0.2) is 12.2 Å². The van der Waals surface area contributed by atoms with E-state index in [0.717, 1.165) is 11.3 Å². The summed E-state index contributed by atoms with van der Waals surface area (Å²) in [6.45, 7) is 0. The Balaban J connectivity index is 2.98. The summed E-state index contributed by atoms with van der Waals surface area (Å²) in [4.78, 5) is 21.5. The lowest BCUT2D eigenvalue weighted by Crippen LogP contribution is -2.07. The molecule has 1 rings (SSSR count). The Labute approximate surface area is 61.5 Å². The molecular formula is C6H5NO2S. The summed E-state index contributed by atoms with van der Waals surface area (Å²) in [5.41, 5.74) is 4.94. The Morgan fingerprint density at radius 2 is 2.30 bits per heavy atom. The van der Waals surface area contributed by atoms with Crippen LogP contribution in [0.15, 0.2) is 12.1 Å². The molecule has 0 atom stereocenters. The van der Waals surface area contributed by atoms with Gasteiger partial charge in [-0.1, -0.05) is 0 Å². The molecule has 0 fully saturated rings. The Bertz CT molecular complexity index is 266. The quantitative estimate of drug-likeness (QED) is 0.638. The van der Waals surface area contributed by atoms with Crippen LogP contribution in [0.25, 0.3) is 0 Å². The third-order valence-corrected chi connectivity index (χ3v) is 2.01. The molecule has 2 N–H and O–H groups in total. The molecule has 3 nitrogen and oxygen atoms in total. The lowest BCUT2D eigenvalue weighted by Gasteiger charge is -1.81. The van der Waals surface area contributed by atoms with Crippen molar-refractivity contribution in [3.05, 3.63) is 21.9 Å². The van der Waals surface area contributed by atoms with Gasteiger partial charge in [0.15, 0.2) is 6.29 Å². The number of carbonyl (C=O) groups excluding carboxylic acids is 2. The minimum Gasteiger partial charge on any atom is -0.365 e. The fraction of sp³-hybridized carbons (Fsp3) is 0. The second kappa shape index (κ2) is 2.62. The van der Waals surface area contributed by atoms with E-state index < -0.39 is 5.91 Å². The van der Waals surface area contributed by atoms with E-state index in [0.29, 0.717) is 16.0 Å². The van der Waals surface area contributed by atoms with Crippen molar-refractivity contribution in [3.8, 4) is 0 Å². The lowest BCUT2D eigenvalue weighted by atomic mass is 10.4. The number of primary amides is 1. The average Bonchev–Trinajstić information content (AvgIpc) is 2.34. The van der Waals surface area contributed by atoms with Gasteiger partial charge in [0.05, 0.1) is 9.75 Å². The highest BCUT2D eigenvalue weighted by Gasteiger charge is 2.02. The van der Waals surface area contributed by atoms with Gasteiger partial charge < -0.3 is 5.73 Å². The SMILES string of the molecule is NC(=O)c1ccc(C=O)s1. The van der Waals surface area contributed by atoms with E-state index in [1.165, 1.54) is 6.07 Å². The first-order valence-electron chi connectivity index (χ1n) is 2.59. The largest absolute Gasteiger partial charge is 0.365 e. The molecule has 1 aromatic heterocycles. The summed E-state index contributed by atoms with van der Waals surface area (Å²) in [6.07, 6.45) is 0.692. The molecule has 1 heterocycles. The van der Waals surface area contributed by atoms with Crippen LogP contribution in [0, 0.1) is 0 Å². The van der Waals surface area contributed by atoms with Gasteiger partial charge >= 0.3 is 0 Å². The maximum Gasteiger partial charge on any atom is 0.258 e. The van der Waals surface area contributed by atoms with Crippen molar-refractivity contribution in [2.45, 2.75) is 0 Å². The number of rotatable bonds is 2. The number of hydrogen-bond acceptors (Lipinski definition) is 3. The lowest BCUT2D eigenvalue weighted by molar-refractivity contribution is 0.100. The normalized spacial score (nSPS) is 9.20. The van der Waals surface area contributed by atoms with E-state index in [2.05, 4.69) is 0 Å². The van der Waals surface area contributed by atoms with Gasteiger partial charge in [-0.05, 0) is 12.1 Å². The van der Waals surface area contributed by atoms with Gasteiger partial charge in [0.2, 0.25) is 0 Å². The van der Waals surface area contributed by atoms with Crippen molar-refractivity contribution < 1.29 is 9.59 Å². The van der Waals surface area contributed by atoms with Gasteiger partial charge in [-0.15, -0.1) is 11.3 Å². The molecule has 10 heavy (non-hydrogen) atoms. The fourth-order valence-corrected chi connectivity index (χ4v) is 1.22. The molecule has 1 aromatic rings. The van der Waals surface area contributed by atoms with Crippen LogP contribution in [0.5, 0.6) is 0 Å². The van der Waals surface area contributed by atoms with Crippen molar-refractivity contribution in [1.82, 2.24) is 0 Å². The van der Waals surface area contributed by atoms with Gasteiger partial charge in [-0.25, -0.2) is 0 Å². The molecule has 0 unspecified atom stereocenters. The van der Waals surface area contributed by atoms with E-state index >= 15 is 0 Å². The van der Waals surface area contributed by atoms with Crippen LogP contribution in [0.2, 0.25) is 0 Å². The number of hydrogen-bond donors (Lipinski definition) is 1. The summed E-state index contributed by atoms with van der Waals surface area (Å²) in [5.74, 6) is -0.488. The number of amides is 1. The highest BCUT2D eigenvalue weighted by Crippen LogP contribution is 2.12. The summed E-state index contributed by atoms with van der Waals surface area (Å²) < 4.78 is 0. The van der Waals surface area contributed by atoms with E-state index in [1.807, 2.05) is 0 Å². The van der Waals surface area contributed by atoms with Gasteiger partial charge in [-0.2, -0.15) is 0 Å². The van der Waals surface area contributed by atoms with Crippen LogP contribution in [-0.2, 0) is 0 Å². The zero-order valence-electron chi connectivity index (χ0n) is 5.03. The predicted molar refractivity (Wildman–Crippen MR) is 38.2 cm³/mol. The zero-order chi connectivity index (χ0) is 7.56. The number of carbonyl (C=O) groups is 2. The van der Waals surface area contributed by atoms with Crippen molar-refractivity contribution in [3.63, 3.8) is 0 Å². The molecule has 0 aliphatic rings. The van der Waals surface area contributed by atoms with Gasteiger partial charge in [0, 0.05) is 0 Å². The Hall–Kier alpha value is -1.16. The highest BCUT2D eigenvalue weighted by molar-refractivity contribution is 7.15. The minimum absolute atomic E-state index is 0.419. The first-order valence-corrected chi connectivity index (χ1v) is 3.40. The second-order valence-electron chi connectivity index (χ2n) is 1.68. The monoisotopic (exact) mass is 155 g/mol. The molecule has 0 aliphatic carbocycles. The van der Waals surface area contributed by atoms with Gasteiger partial charge in [0.1, 0.15) is 0 Å². The van der Waals surface area contributed by atoms with Crippen molar-refractivity contribution in [1.29, 1.82) is 0 Å². The third kappa shape index (κ3) is 1.22. The molecule has 1 amide bonds. The zero-order valence-corrected chi connectivity index (χ0v) is 5.85. The maximum absolute atomic E-state index is 10.4. The van der Waals surface area contributed by atoms with E-state index in [4.69, 9.17) is 5.73 Å². The predicted octanol–water partition coefficient (Wildman–Crippen LogP) is 0.660. The average molecular weight is 155 g/mol. The van der Waals surface area contributed by atoms with Crippen molar-refractivity contribution in [2.24, 2.45) is 5.73 Å². The van der Waals surface area contributed by atoms with Crippen molar-refractivity contribution in [2.75, 3.05) is 0 Å². The molecule has 4 heteroatoms. The molecule has 0 aliphatic heterocycles. The van der Waals surface area contributed by atoms with Crippen LogP contribution >= 0.6 is 11.3 Å². The van der Waals surface area contributed by atoms with Gasteiger partial charge in [-0.3, -0.25) is 9.59 Å². The topological polar surface area (TPSA) is 60.2 Å². The minimum atomic E-state index is -0.488. The first-order chi connectivity index (χ1) is 4.74. The van der Waals surface area contributed by atoms with E-state index in [9.17, 15) is 9.59 Å². The number of aldehydes is 1. The standard InChI is InChI=1S/C6H5NO2S/c7-6(9)5-2-1-4(3-8)10-5/h1-3H,(H2,7,9). The van der Waals surface area contributed by atoms with Crippen LogP contribution in [0.4, 0.5) is 0 Å². The van der Waals surface area contributed by atoms with Crippen LogP contribution < -0.4 is 5.73 Å². The molecule has 52 valence electrons. The van der Waals surface area contributed by atoms with Crippen LogP contribution in [0.3, 0.4) is 0 Å². The molecular weight excluding hydrogens is 150 g/mol. The Morgan fingerprint density at radius 1 is 1.60 bits per heavy atom. The molecule has 0 spiro atoms. The number of nitrogens with two attached hydrogens (primary N) is 1. The molecule has 0 radical (unpaired) electrons. The Morgan fingerprint density at radius 3 is 2.60 bits per heavy atom. The maximum atomic E-state index is 10.4. The Kier molecular flexibility index (Phi) is 1.82. The molecule has 0 saturated carbocycles.